The van der Waals surface area contributed by atoms with Crippen molar-refractivity contribution in [1.29, 1.82) is 0 Å². The lowest BCUT2D eigenvalue weighted by molar-refractivity contribution is -0.158. The predicted molar refractivity (Wildman–Crippen MR) is 84.0 cm³/mol. The minimum atomic E-state index is -0.652. The maximum Gasteiger partial charge on any atom is 0.329 e. The summed E-state index contributed by atoms with van der Waals surface area (Å²) in [5, 5.41) is 4.48. The lowest BCUT2D eigenvalue weighted by Crippen LogP contribution is -2.47. The molecule has 4 nitrogen and oxygen atoms in total. The molecular formula is C14H20BrNO3S. The van der Waals surface area contributed by atoms with E-state index < -0.39 is 17.6 Å². The summed E-state index contributed by atoms with van der Waals surface area (Å²) in [5.74, 6) is -0.720. The number of hydrogen-bond acceptors (Lipinski definition) is 4. The minimum Gasteiger partial charge on any atom is -0.458 e. The van der Waals surface area contributed by atoms with Crippen LogP contribution in [0.4, 0.5) is 0 Å². The third kappa shape index (κ3) is 5.25. The number of amides is 1. The highest BCUT2D eigenvalue weighted by molar-refractivity contribution is 9.11. The van der Waals surface area contributed by atoms with E-state index in [0.717, 1.165) is 3.79 Å². The van der Waals surface area contributed by atoms with Gasteiger partial charge < -0.3 is 10.1 Å². The first-order chi connectivity index (χ1) is 9.10. The van der Waals surface area contributed by atoms with Gasteiger partial charge >= 0.3 is 5.97 Å². The number of hydrogen-bond donors (Lipinski definition) is 1. The fourth-order valence-electron chi connectivity index (χ4n) is 1.52. The Hall–Kier alpha value is -0.880. The quantitative estimate of drug-likeness (QED) is 0.833. The number of halogens is 1. The van der Waals surface area contributed by atoms with E-state index in [1.807, 2.05) is 13.8 Å². The zero-order valence-corrected chi connectivity index (χ0v) is 14.7. The molecule has 0 saturated carbocycles. The van der Waals surface area contributed by atoms with Gasteiger partial charge in [-0.15, -0.1) is 11.3 Å². The minimum absolute atomic E-state index is 0.0455. The number of rotatable bonds is 4. The van der Waals surface area contributed by atoms with E-state index in [2.05, 4.69) is 21.2 Å². The lowest BCUT2D eigenvalue weighted by atomic mass is 10.0. The van der Waals surface area contributed by atoms with Crippen molar-refractivity contribution < 1.29 is 14.3 Å². The summed E-state index contributed by atoms with van der Waals surface area (Å²) in [6.45, 7) is 9.16. The molecule has 112 valence electrons. The summed E-state index contributed by atoms with van der Waals surface area (Å²) in [7, 11) is 0. The first kappa shape index (κ1) is 17.2. The molecule has 0 saturated heterocycles. The highest BCUT2D eigenvalue weighted by atomic mass is 79.9. The van der Waals surface area contributed by atoms with Crippen LogP contribution in [-0.4, -0.2) is 23.5 Å². The summed E-state index contributed by atoms with van der Waals surface area (Å²) in [6, 6.07) is 1.08. The van der Waals surface area contributed by atoms with Gasteiger partial charge in [-0.3, -0.25) is 4.79 Å². The van der Waals surface area contributed by atoms with E-state index in [0.29, 0.717) is 5.56 Å². The van der Waals surface area contributed by atoms with Crippen molar-refractivity contribution in [1.82, 2.24) is 5.32 Å². The summed E-state index contributed by atoms with van der Waals surface area (Å²) in [6.07, 6.45) is 0. The summed E-state index contributed by atoms with van der Waals surface area (Å²) < 4.78 is 6.22. The Labute approximate surface area is 132 Å². The fraction of sp³-hybridized carbons (Fsp3) is 0.571. The number of ether oxygens (including phenoxy) is 1. The van der Waals surface area contributed by atoms with Crippen LogP contribution in [0.1, 0.15) is 45.0 Å². The molecule has 1 aromatic rings. The second kappa shape index (κ2) is 6.72. The average Bonchev–Trinajstić information content (AvgIpc) is 2.69. The van der Waals surface area contributed by atoms with E-state index in [4.69, 9.17) is 4.74 Å². The highest BCUT2D eigenvalue weighted by Gasteiger charge is 2.29. The third-order valence-corrected chi connectivity index (χ3v) is 3.95. The molecule has 0 bridgehead atoms. The van der Waals surface area contributed by atoms with Gasteiger partial charge in [-0.2, -0.15) is 0 Å². The molecular weight excluding hydrogens is 342 g/mol. The number of thiophene rings is 1. The van der Waals surface area contributed by atoms with E-state index in [1.165, 1.54) is 11.3 Å². The first-order valence-corrected chi connectivity index (χ1v) is 8.05. The van der Waals surface area contributed by atoms with Crippen molar-refractivity contribution in [2.24, 2.45) is 5.92 Å². The van der Waals surface area contributed by atoms with Crippen LogP contribution in [-0.2, 0) is 9.53 Å². The molecule has 0 unspecified atom stereocenters. The molecule has 0 aromatic carbocycles. The Kier molecular flexibility index (Phi) is 5.77. The molecule has 0 aliphatic heterocycles. The Morgan fingerprint density at radius 3 is 2.35 bits per heavy atom. The monoisotopic (exact) mass is 361 g/mol. The zero-order valence-electron chi connectivity index (χ0n) is 12.3. The number of nitrogens with one attached hydrogen (secondary N) is 1. The molecule has 0 aliphatic rings. The van der Waals surface area contributed by atoms with Crippen molar-refractivity contribution in [2.45, 2.75) is 46.3 Å². The van der Waals surface area contributed by atoms with E-state index in [-0.39, 0.29) is 11.8 Å². The normalized spacial score (nSPS) is 13.2. The fourth-order valence-corrected chi connectivity index (χ4v) is 2.65. The first-order valence-electron chi connectivity index (χ1n) is 6.38. The molecule has 1 N–H and O–H groups in total. The van der Waals surface area contributed by atoms with Crippen LogP contribution in [0.25, 0.3) is 0 Å². The van der Waals surface area contributed by atoms with Crippen molar-refractivity contribution >= 4 is 39.1 Å². The average molecular weight is 362 g/mol. The second-order valence-corrected chi connectivity index (χ2v) is 8.16. The number of carbonyl (C=O) groups is 2. The van der Waals surface area contributed by atoms with Crippen molar-refractivity contribution in [2.75, 3.05) is 0 Å². The van der Waals surface area contributed by atoms with Gasteiger partial charge in [-0.05, 0) is 48.7 Å². The largest absolute Gasteiger partial charge is 0.458 e. The van der Waals surface area contributed by atoms with Crippen molar-refractivity contribution in [3.8, 4) is 0 Å². The SMILES string of the molecule is CC(C)[C@H](NC(=O)c1csc(Br)c1)C(=O)OC(C)(C)C. The Morgan fingerprint density at radius 1 is 1.35 bits per heavy atom. The van der Waals surface area contributed by atoms with Crippen LogP contribution < -0.4 is 5.32 Å². The van der Waals surface area contributed by atoms with Crippen LogP contribution >= 0.6 is 27.3 Å². The molecule has 0 fully saturated rings. The van der Waals surface area contributed by atoms with Gasteiger partial charge in [-0.1, -0.05) is 13.8 Å². The molecule has 0 radical (unpaired) electrons. The van der Waals surface area contributed by atoms with Crippen LogP contribution in [0.3, 0.4) is 0 Å². The topological polar surface area (TPSA) is 55.4 Å². The molecule has 1 rings (SSSR count). The van der Waals surface area contributed by atoms with Gasteiger partial charge in [0.2, 0.25) is 0 Å². The van der Waals surface area contributed by atoms with E-state index in [9.17, 15) is 9.59 Å². The second-order valence-electron chi connectivity index (χ2n) is 5.87. The molecule has 6 heteroatoms. The summed E-state index contributed by atoms with van der Waals surface area (Å²) in [5.41, 5.74) is -0.0310. The van der Waals surface area contributed by atoms with E-state index in [1.54, 1.807) is 32.2 Å². The van der Waals surface area contributed by atoms with E-state index >= 15 is 0 Å². The number of carbonyl (C=O) groups excluding carboxylic acids is 2. The number of esters is 1. The van der Waals surface area contributed by atoms with Gasteiger partial charge in [0.15, 0.2) is 0 Å². The van der Waals surface area contributed by atoms with Gasteiger partial charge in [0.1, 0.15) is 11.6 Å². The summed E-state index contributed by atoms with van der Waals surface area (Å²) >= 11 is 4.74. The van der Waals surface area contributed by atoms with Crippen LogP contribution in [0.5, 0.6) is 0 Å². The van der Waals surface area contributed by atoms with Gasteiger partial charge in [0, 0.05) is 5.38 Å². The standard InChI is InChI=1S/C14H20BrNO3S/c1-8(2)11(13(18)19-14(3,4)5)16-12(17)9-6-10(15)20-7-9/h6-8,11H,1-5H3,(H,16,17)/t11-/m0/s1. The molecule has 0 aliphatic carbocycles. The van der Waals surface area contributed by atoms with Gasteiger partial charge in [-0.25, -0.2) is 4.79 Å². The zero-order chi connectivity index (χ0) is 15.5. The molecule has 1 heterocycles. The maximum absolute atomic E-state index is 12.1. The Balaban J connectivity index is 2.77. The van der Waals surface area contributed by atoms with Crippen molar-refractivity contribution in [3.05, 3.63) is 20.8 Å². The summed E-state index contributed by atoms with van der Waals surface area (Å²) in [4.78, 5) is 24.2. The van der Waals surface area contributed by atoms with Crippen LogP contribution in [0.15, 0.2) is 15.2 Å². The van der Waals surface area contributed by atoms with Crippen LogP contribution in [0.2, 0.25) is 0 Å². The lowest BCUT2D eigenvalue weighted by Gasteiger charge is -2.26. The molecule has 1 amide bonds. The Morgan fingerprint density at radius 2 is 1.95 bits per heavy atom. The van der Waals surface area contributed by atoms with Gasteiger partial charge in [0.05, 0.1) is 9.35 Å². The van der Waals surface area contributed by atoms with Crippen LogP contribution in [0, 0.1) is 5.92 Å². The third-order valence-electron chi connectivity index (χ3n) is 2.44. The van der Waals surface area contributed by atoms with Gasteiger partial charge in [0.25, 0.3) is 5.91 Å². The molecule has 1 aromatic heterocycles. The highest BCUT2D eigenvalue weighted by Crippen LogP contribution is 2.21. The van der Waals surface area contributed by atoms with Crippen molar-refractivity contribution in [3.63, 3.8) is 0 Å². The molecule has 20 heavy (non-hydrogen) atoms. The Bertz CT molecular complexity index is 491. The molecule has 0 spiro atoms. The molecule has 1 atom stereocenters. The smallest absolute Gasteiger partial charge is 0.329 e. The predicted octanol–water partition coefficient (Wildman–Crippen LogP) is 3.61. The maximum atomic E-state index is 12.1.